The van der Waals surface area contributed by atoms with Gasteiger partial charge in [0, 0.05) is 36.8 Å². The summed E-state index contributed by atoms with van der Waals surface area (Å²) in [6.07, 6.45) is 4.73. The first-order valence-electron chi connectivity index (χ1n) is 10.2. The van der Waals surface area contributed by atoms with Gasteiger partial charge in [0.15, 0.2) is 0 Å². The summed E-state index contributed by atoms with van der Waals surface area (Å²) in [5.74, 6) is -0.00792. The Morgan fingerprint density at radius 2 is 1.81 bits per heavy atom. The average molecular weight is 373 g/mol. The molecule has 1 aromatic carbocycles. The monoisotopic (exact) mass is 373 g/mol. The molecule has 2 bridgehead atoms. The van der Waals surface area contributed by atoms with Crippen LogP contribution in [0.5, 0.6) is 0 Å². The van der Waals surface area contributed by atoms with Gasteiger partial charge in [-0.1, -0.05) is 25.1 Å². The first-order valence-corrected chi connectivity index (χ1v) is 10.2. The summed E-state index contributed by atoms with van der Waals surface area (Å²) in [7, 11) is 0. The molecule has 2 fully saturated rings. The minimum atomic E-state index is -0.162. The van der Waals surface area contributed by atoms with Crippen molar-refractivity contribution in [1.29, 1.82) is 0 Å². The van der Waals surface area contributed by atoms with Crippen molar-refractivity contribution < 1.29 is 14.3 Å². The third-order valence-electron chi connectivity index (χ3n) is 5.70. The van der Waals surface area contributed by atoms with Crippen molar-refractivity contribution in [2.75, 3.05) is 19.7 Å². The minimum absolute atomic E-state index is 0.00792. The van der Waals surface area contributed by atoms with E-state index in [1.165, 1.54) is 0 Å². The van der Waals surface area contributed by atoms with Crippen molar-refractivity contribution in [2.45, 2.75) is 64.1 Å². The summed E-state index contributed by atoms with van der Waals surface area (Å²) < 4.78 is 5.20. The average Bonchev–Trinajstić information content (AvgIpc) is 2.95. The second kappa shape index (κ2) is 9.22. The molecule has 148 valence electrons. The molecule has 0 radical (unpaired) electrons. The summed E-state index contributed by atoms with van der Waals surface area (Å²) >= 11 is 0. The van der Waals surface area contributed by atoms with E-state index in [2.05, 4.69) is 17.6 Å². The molecule has 1 aromatic rings. The van der Waals surface area contributed by atoms with E-state index in [9.17, 15) is 9.59 Å². The van der Waals surface area contributed by atoms with Gasteiger partial charge in [-0.15, -0.1) is 0 Å². The molecule has 3 rings (SSSR count). The van der Waals surface area contributed by atoms with Crippen molar-refractivity contribution >= 4 is 12.0 Å². The molecule has 2 unspecified atom stereocenters. The first-order chi connectivity index (χ1) is 13.1. The molecular formula is C21H31N3O3. The molecule has 27 heavy (non-hydrogen) atoms. The number of ether oxygens (including phenoxy) is 1. The van der Waals surface area contributed by atoms with Gasteiger partial charge < -0.3 is 20.3 Å². The number of nitrogens with one attached hydrogen (secondary N) is 2. The molecule has 2 N–H and O–H groups in total. The maximum Gasteiger partial charge on any atom is 0.410 e. The molecular weight excluding hydrogens is 342 g/mol. The normalized spacial score (nSPS) is 23.9. The van der Waals surface area contributed by atoms with Gasteiger partial charge in [0.2, 0.25) is 0 Å². The van der Waals surface area contributed by atoms with Crippen LogP contribution in [0.4, 0.5) is 4.79 Å². The van der Waals surface area contributed by atoms with E-state index in [0.29, 0.717) is 19.2 Å². The molecule has 0 aliphatic carbocycles. The summed E-state index contributed by atoms with van der Waals surface area (Å²) in [6, 6.07) is 8.71. The predicted molar refractivity (Wildman–Crippen MR) is 105 cm³/mol. The lowest BCUT2D eigenvalue weighted by molar-refractivity contribution is 0.0659. The fourth-order valence-electron chi connectivity index (χ4n) is 4.44. The van der Waals surface area contributed by atoms with E-state index in [1.54, 1.807) is 0 Å². The second-order valence-electron chi connectivity index (χ2n) is 7.38. The van der Waals surface area contributed by atoms with Crippen LogP contribution in [0.25, 0.3) is 0 Å². The highest BCUT2D eigenvalue weighted by molar-refractivity contribution is 5.95. The minimum Gasteiger partial charge on any atom is -0.450 e. The standard InChI is InChI=1S/C21H31N3O3/c1-3-15-7-5-6-8-19(15)20(25)23-12-11-22-16-13-17-9-10-18(14-16)24(17)21(26)27-4-2/h5-8,16-18,22H,3-4,9-14H2,1-2H3,(H,23,25). The summed E-state index contributed by atoms with van der Waals surface area (Å²) in [5.41, 5.74) is 1.84. The van der Waals surface area contributed by atoms with E-state index in [4.69, 9.17) is 4.74 Å². The molecule has 2 aliphatic heterocycles. The van der Waals surface area contributed by atoms with Crippen LogP contribution in [-0.2, 0) is 11.2 Å². The number of carbonyl (C=O) groups excluding carboxylic acids is 2. The van der Waals surface area contributed by atoms with Gasteiger partial charge in [-0.25, -0.2) is 4.79 Å². The summed E-state index contributed by atoms with van der Waals surface area (Å²) in [6.45, 7) is 5.68. The molecule has 0 saturated carbocycles. The molecule has 2 atom stereocenters. The van der Waals surface area contributed by atoms with E-state index < -0.39 is 0 Å². The molecule has 6 nitrogen and oxygen atoms in total. The highest BCUT2D eigenvalue weighted by Crippen LogP contribution is 2.36. The summed E-state index contributed by atoms with van der Waals surface area (Å²) in [5, 5.41) is 6.56. The molecule has 2 aliphatic rings. The molecule has 2 amide bonds. The van der Waals surface area contributed by atoms with E-state index >= 15 is 0 Å². The van der Waals surface area contributed by atoms with Crippen LogP contribution in [0, 0.1) is 0 Å². The largest absolute Gasteiger partial charge is 0.450 e. The number of carbonyl (C=O) groups is 2. The Morgan fingerprint density at radius 3 is 2.48 bits per heavy atom. The lowest BCUT2D eigenvalue weighted by Crippen LogP contribution is -2.52. The number of nitrogens with zero attached hydrogens (tertiary/aromatic N) is 1. The Balaban J connectivity index is 1.42. The van der Waals surface area contributed by atoms with Gasteiger partial charge in [-0.05, 0) is 50.7 Å². The lowest BCUT2D eigenvalue weighted by atomic mass is 9.98. The van der Waals surface area contributed by atoms with Gasteiger partial charge in [0.05, 0.1) is 6.61 Å². The first kappa shape index (κ1) is 19.7. The molecule has 2 heterocycles. The maximum absolute atomic E-state index is 12.4. The second-order valence-corrected chi connectivity index (χ2v) is 7.38. The topological polar surface area (TPSA) is 70.7 Å². The number of amides is 2. The van der Waals surface area contributed by atoms with Crippen molar-refractivity contribution in [3.8, 4) is 0 Å². The zero-order valence-electron chi connectivity index (χ0n) is 16.4. The van der Waals surface area contributed by atoms with Gasteiger partial charge >= 0.3 is 6.09 Å². The van der Waals surface area contributed by atoms with Crippen LogP contribution in [0.3, 0.4) is 0 Å². The lowest BCUT2D eigenvalue weighted by Gasteiger charge is -2.38. The number of hydrogen-bond acceptors (Lipinski definition) is 4. The maximum atomic E-state index is 12.4. The number of benzene rings is 1. The van der Waals surface area contributed by atoms with Gasteiger partial charge in [0.1, 0.15) is 0 Å². The van der Waals surface area contributed by atoms with Crippen molar-refractivity contribution in [1.82, 2.24) is 15.5 Å². The number of hydrogen-bond donors (Lipinski definition) is 2. The van der Waals surface area contributed by atoms with Gasteiger partial charge in [-0.3, -0.25) is 4.79 Å². The number of piperidine rings is 1. The zero-order valence-corrected chi connectivity index (χ0v) is 16.4. The van der Waals surface area contributed by atoms with E-state index in [0.717, 1.165) is 49.8 Å². The van der Waals surface area contributed by atoms with Crippen molar-refractivity contribution in [2.24, 2.45) is 0 Å². The number of fused-ring (bicyclic) bond motifs is 2. The Hall–Kier alpha value is -2.08. The van der Waals surface area contributed by atoms with Crippen LogP contribution in [0.1, 0.15) is 55.5 Å². The number of aryl methyl sites for hydroxylation is 1. The van der Waals surface area contributed by atoms with Gasteiger partial charge in [-0.2, -0.15) is 0 Å². The van der Waals surface area contributed by atoms with Crippen LogP contribution in [0.15, 0.2) is 24.3 Å². The SMILES string of the molecule is CCOC(=O)N1C2CCC1CC(NCCNC(=O)c1ccccc1CC)C2. The Morgan fingerprint density at radius 1 is 1.11 bits per heavy atom. The number of rotatable bonds is 7. The van der Waals surface area contributed by atoms with Crippen molar-refractivity contribution in [3.05, 3.63) is 35.4 Å². The highest BCUT2D eigenvalue weighted by atomic mass is 16.6. The van der Waals surface area contributed by atoms with E-state index in [-0.39, 0.29) is 24.1 Å². The third-order valence-corrected chi connectivity index (χ3v) is 5.70. The van der Waals surface area contributed by atoms with Crippen LogP contribution in [0.2, 0.25) is 0 Å². The molecule has 0 aromatic heterocycles. The van der Waals surface area contributed by atoms with Crippen LogP contribution < -0.4 is 10.6 Å². The molecule has 6 heteroatoms. The fraction of sp³-hybridized carbons (Fsp3) is 0.619. The van der Waals surface area contributed by atoms with E-state index in [1.807, 2.05) is 36.1 Å². The Kier molecular flexibility index (Phi) is 6.72. The molecule has 2 saturated heterocycles. The summed E-state index contributed by atoms with van der Waals surface area (Å²) in [4.78, 5) is 26.4. The predicted octanol–water partition coefficient (Wildman–Crippen LogP) is 2.72. The smallest absolute Gasteiger partial charge is 0.410 e. The third kappa shape index (κ3) is 4.61. The van der Waals surface area contributed by atoms with Gasteiger partial charge in [0.25, 0.3) is 5.91 Å². The van der Waals surface area contributed by atoms with Crippen LogP contribution >= 0.6 is 0 Å². The van der Waals surface area contributed by atoms with Crippen molar-refractivity contribution in [3.63, 3.8) is 0 Å². The fourth-order valence-corrected chi connectivity index (χ4v) is 4.44. The molecule has 0 spiro atoms. The Labute approximate surface area is 161 Å². The Bertz CT molecular complexity index is 650. The quantitative estimate of drug-likeness (QED) is 0.721. The van der Waals surface area contributed by atoms with Crippen LogP contribution in [-0.4, -0.2) is 54.7 Å². The zero-order chi connectivity index (χ0) is 19.2. The highest BCUT2D eigenvalue weighted by Gasteiger charge is 2.43.